The first-order valence-electron chi connectivity index (χ1n) is 8.35. The molecule has 2 aromatic rings. The average Bonchev–Trinajstić information content (AvgIpc) is 3.00. The molecule has 28 heavy (non-hydrogen) atoms. The van der Waals surface area contributed by atoms with Gasteiger partial charge >= 0.3 is 4.87 Å². The fourth-order valence-electron chi connectivity index (χ4n) is 3.01. The van der Waals surface area contributed by atoms with Crippen molar-refractivity contribution in [1.82, 2.24) is 14.2 Å². The van der Waals surface area contributed by atoms with E-state index in [1.807, 2.05) is 0 Å². The van der Waals surface area contributed by atoms with Crippen LogP contribution in [0.2, 0.25) is 0 Å². The molecule has 2 heterocycles. The van der Waals surface area contributed by atoms with E-state index < -0.39 is 19.8 Å². The highest BCUT2D eigenvalue weighted by molar-refractivity contribution is 7.91. The van der Waals surface area contributed by atoms with Gasteiger partial charge in [-0.15, -0.1) is 0 Å². The van der Waals surface area contributed by atoms with E-state index in [9.17, 15) is 28.1 Å². The van der Waals surface area contributed by atoms with E-state index in [4.69, 9.17) is 0 Å². The van der Waals surface area contributed by atoms with Crippen LogP contribution in [0.5, 0.6) is 0 Å². The van der Waals surface area contributed by atoms with Crippen LogP contribution in [-0.2, 0) is 10.0 Å². The van der Waals surface area contributed by atoms with Gasteiger partial charge in [-0.2, -0.15) is 4.31 Å². The van der Waals surface area contributed by atoms with Gasteiger partial charge in [0.1, 0.15) is 0 Å². The molecule has 1 aromatic carbocycles. The molecular formula is C16H18N4O6S2. The molecule has 1 amide bonds. The van der Waals surface area contributed by atoms with Crippen molar-refractivity contribution >= 4 is 33.0 Å². The predicted octanol–water partition coefficient (Wildman–Crippen LogP) is 1.11. The molecule has 0 spiro atoms. The number of hydrogen-bond donors (Lipinski definition) is 1. The van der Waals surface area contributed by atoms with Crippen LogP contribution in [0, 0.1) is 24.0 Å². The first-order valence-corrected chi connectivity index (χ1v) is 10.6. The number of nitrogens with one attached hydrogen (secondary N) is 1. The molecule has 12 heteroatoms. The van der Waals surface area contributed by atoms with E-state index in [0.717, 1.165) is 0 Å². The number of sulfonamides is 1. The quantitative estimate of drug-likeness (QED) is 0.575. The minimum Gasteiger partial charge on any atom is -0.336 e. The average molecular weight is 426 g/mol. The van der Waals surface area contributed by atoms with Crippen molar-refractivity contribution in [3.05, 3.63) is 54.8 Å². The van der Waals surface area contributed by atoms with Crippen LogP contribution in [0.15, 0.2) is 27.2 Å². The number of nitro benzene ring substituents is 1. The number of piperazine rings is 1. The number of nitro groups is 1. The Morgan fingerprint density at radius 3 is 2.39 bits per heavy atom. The van der Waals surface area contributed by atoms with Crippen LogP contribution in [-0.4, -0.2) is 59.6 Å². The molecule has 150 valence electrons. The lowest BCUT2D eigenvalue weighted by atomic mass is 10.1. The van der Waals surface area contributed by atoms with Gasteiger partial charge in [-0.3, -0.25) is 19.7 Å². The molecule has 0 radical (unpaired) electrons. The first-order chi connectivity index (χ1) is 13.1. The summed E-state index contributed by atoms with van der Waals surface area (Å²) in [5.74, 6) is -0.386. The Bertz CT molecular complexity index is 1100. The summed E-state index contributed by atoms with van der Waals surface area (Å²) in [5, 5.41) is 11.1. The number of H-pyrrole nitrogens is 1. The molecule has 10 nitrogen and oxygen atoms in total. The maximum atomic E-state index is 12.7. The summed E-state index contributed by atoms with van der Waals surface area (Å²) in [5.41, 5.74) is 0.803. The lowest BCUT2D eigenvalue weighted by molar-refractivity contribution is -0.385. The highest BCUT2D eigenvalue weighted by Crippen LogP contribution is 2.24. The standard InChI is InChI=1S/C16H18N4O6S2/c1-10-3-4-12(9-13(10)20(23)24)14(21)18-5-7-19(8-6-18)28(25,26)15-11(2)17-16(22)27-15/h3-4,9H,5-8H2,1-2H3,(H,17,22). The molecule has 0 aliphatic carbocycles. The number of thiazole rings is 1. The van der Waals surface area contributed by atoms with Gasteiger partial charge in [0, 0.05) is 49.1 Å². The van der Waals surface area contributed by atoms with E-state index in [1.165, 1.54) is 34.3 Å². The number of aryl methyl sites for hydroxylation is 2. The lowest BCUT2D eigenvalue weighted by Gasteiger charge is -2.33. The highest BCUT2D eigenvalue weighted by atomic mass is 32.2. The topological polar surface area (TPSA) is 134 Å². The molecule has 1 aliphatic rings. The van der Waals surface area contributed by atoms with Gasteiger partial charge in [0.2, 0.25) is 0 Å². The fourth-order valence-corrected chi connectivity index (χ4v) is 5.86. The highest BCUT2D eigenvalue weighted by Gasteiger charge is 2.33. The number of aromatic nitrogens is 1. The van der Waals surface area contributed by atoms with Gasteiger partial charge in [0.05, 0.1) is 4.92 Å². The van der Waals surface area contributed by atoms with Gasteiger partial charge in [-0.05, 0) is 19.9 Å². The third-order valence-electron chi connectivity index (χ3n) is 4.53. The maximum Gasteiger partial charge on any atom is 0.305 e. The Kier molecular flexibility index (Phi) is 5.37. The summed E-state index contributed by atoms with van der Waals surface area (Å²) < 4.78 is 26.7. The number of nitrogens with zero attached hydrogens (tertiary/aromatic N) is 3. The molecule has 1 aliphatic heterocycles. The van der Waals surface area contributed by atoms with Gasteiger partial charge in [0.25, 0.3) is 21.6 Å². The molecule has 0 saturated carbocycles. The Balaban J connectivity index is 1.74. The first kappa shape index (κ1) is 20.2. The molecule has 0 atom stereocenters. The summed E-state index contributed by atoms with van der Waals surface area (Å²) in [4.78, 5) is 38.1. The third-order valence-corrected chi connectivity index (χ3v) is 8.01. The third kappa shape index (κ3) is 3.70. The van der Waals surface area contributed by atoms with Crippen LogP contribution in [0.4, 0.5) is 5.69 Å². The van der Waals surface area contributed by atoms with Crippen LogP contribution >= 0.6 is 11.3 Å². The SMILES string of the molecule is Cc1ccc(C(=O)N2CCN(S(=O)(=O)c3sc(=O)[nH]c3C)CC2)cc1[N+](=O)[O-]. The second kappa shape index (κ2) is 7.45. The van der Waals surface area contributed by atoms with Crippen molar-refractivity contribution in [1.29, 1.82) is 0 Å². The number of carbonyl (C=O) groups excluding carboxylic acids is 1. The Morgan fingerprint density at radius 2 is 1.86 bits per heavy atom. The molecule has 1 fully saturated rings. The fraction of sp³-hybridized carbons (Fsp3) is 0.375. The summed E-state index contributed by atoms with van der Waals surface area (Å²) in [7, 11) is -3.82. The van der Waals surface area contributed by atoms with Gasteiger partial charge in [-0.25, -0.2) is 8.42 Å². The number of hydrogen-bond acceptors (Lipinski definition) is 7. The number of carbonyl (C=O) groups is 1. The van der Waals surface area contributed by atoms with Crippen molar-refractivity contribution < 1.29 is 18.1 Å². The number of aromatic amines is 1. The Morgan fingerprint density at radius 1 is 1.21 bits per heavy atom. The molecule has 1 aromatic heterocycles. The number of amides is 1. The molecule has 0 bridgehead atoms. The second-order valence-electron chi connectivity index (χ2n) is 6.38. The predicted molar refractivity (Wildman–Crippen MR) is 102 cm³/mol. The van der Waals surface area contributed by atoms with Gasteiger partial charge < -0.3 is 9.88 Å². The zero-order valence-corrected chi connectivity index (χ0v) is 16.8. The molecule has 1 saturated heterocycles. The van der Waals surface area contributed by atoms with E-state index >= 15 is 0 Å². The molecule has 3 rings (SSSR count). The van der Waals surface area contributed by atoms with E-state index in [2.05, 4.69) is 4.98 Å². The number of rotatable bonds is 4. The summed E-state index contributed by atoms with van der Waals surface area (Å²) in [6, 6.07) is 4.28. The Labute approximate surface area is 164 Å². The molecule has 0 unspecified atom stereocenters. The van der Waals surface area contributed by atoms with Gasteiger partial charge in [-0.1, -0.05) is 17.4 Å². The van der Waals surface area contributed by atoms with Crippen molar-refractivity contribution in [3.63, 3.8) is 0 Å². The summed E-state index contributed by atoms with van der Waals surface area (Å²) in [6.07, 6.45) is 0. The van der Waals surface area contributed by atoms with Crippen molar-refractivity contribution in [2.75, 3.05) is 26.2 Å². The van der Waals surface area contributed by atoms with E-state index in [-0.39, 0.29) is 47.5 Å². The van der Waals surface area contributed by atoms with Crippen molar-refractivity contribution in [2.45, 2.75) is 18.1 Å². The molecule has 1 N–H and O–H groups in total. The van der Waals surface area contributed by atoms with Crippen LogP contribution in [0.25, 0.3) is 0 Å². The molecular weight excluding hydrogens is 408 g/mol. The lowest BCUT2D eigenvalue weighted by Crippen LogP contribution is -2.50. The minimum absolute atomic E-state index is 0.0218. The van der Waals surface area contributed by atoms with E-state index in [1.54, 1.807) is 6.92 Å². The van der Waals surface area contributed by atoms with E-state index in [0.29, 0.717) is 22.6 Å². The number of benzene rings is 1. The Hall–Kier alpha value is -2.57. The van der Waals surface area contributed by atoms with Crippen molar-refractivity contribution in [2.24, 2.45) is 0 Å². The smallest absolute Gasteiger partial charge is 0.305 e. The minimum atomic E-state index is -3.82. The van der Waals surface area contributed by atoms with Crippen LogP contribution < -0.4 is 4.87 Å². The van der Waals surface area contributed by atoms with Crippen LogP contribution in [0.1, 0.15) is 21.6 Å². The van der Waals surface area contributed by atoms with Crippen LogP contribution in [0.3, 0.4) is 0 Å². The zero-order valence-electron chi connectivity index (χ0n) is 15.2. The zero-order chi connectivity index (χ0) is 20.6. The monoisotopic (exact) mass is 426 g/mol. The largest absolute Gasteiger partial charge is 0.336 e. The van der Waals surface area contributed by atoms with Crippen molar-refractivity contribution in [3.8, 4) is 0 Å². The summed E-state index contributed by atoms with van der Waals surface area (Å²) in [6.45, 7) is 3.57. The second-order valence-corrected chi connectivity index (χ2v) is 9.50. The summed E-state index contributed by atoms with van der Waals surface area (Å²) >= 11 is 0.639. The van der Waals surface area contributed by atoms with Gasteiger partial charge in [0.15, 0.2) is 4.21 Å². The maximum absolute atomic E-state index is 12.7. The normalized spacial score (nSPS) is 15.6.